The van der Waals surface area contributed by atoms with Crippen LogP contribution in [0.3, 0.4) is 0 Å². The fourth-order valence-corrected chi connectivity index (χ4v) is 3.05. The quantitative estimate of drug-likeness (QED) is 0.878. The van der Waals surface area contributed by atoms with Crippen LogP contribution < -0.4 is 14.8 Å². The molecule has 0 aromatic heterocycles. The molecule has 1 N–H and O–H groups in total. The Morgan fingerprint density at radius 1 is 1.12 bits per heavy atom. The third-order valence-electron chi connectivity index (χ3n) is 4.42. The lowest BCUT2D eigenvalue weighted by atomic mass is 9.95. The van der Waals surface area contributed by atoms with Crippen LogP contribution in [0, 0.1) is 11.7 Å². The smallest absolute Gasteiger partial charge is 0.225 e. The molecule has 0 fully saturated rings. The van der Waals surface area contributed by atoms with Gasteiger partial charge in [0.1, 0.15) is 5.82 Å². The van der Waals surface area contributed by atoms with Crippen molar-refractivity contribution in [2.45, 2.75) is 32.7 Å². The van der Waals surface area contributed by atoms with Crippen LogP contribution in [-0.2, 0) is 11.2 Å². The number of fused-ring (bicyclic) bond motifs is 1. The Morgan fingerprint density at radius 3 is 2.58 bits per heavy atom. The Morgan fingerprint density at radius 2 is 1.85 bits per heavy atom. The zero-order valence-electron chi connectivity index (χ0n) is 15.1. The first-order chi connectivity index (χ1) is 12.5. The number of nitrogens with one attached hydrogen (secondary N) is 1. The first kappa shape index (κ1) is 18.2. The van der Waals surface area contributed by atoms with Crippen LogP contribution in [0.1, 0.15) is 37.4 Å². The third kappa shape index (κ3) is 4.34. The van der Waals surface area contributed by atoms with Gasteiger partial charge < -0.3 is 14.8 Å². The van der Waals surface area contributed by atoms with E-state index in [4.69, 9.17) is 9.47 Å². The number of hydrogen-bond donors (Lipinski definition) is 1. The molecule has 3 rings (SSSR count). The van der Waals surface area contributed by atoms with E-state index in [2.05, 4.69) is 5.32 Å². The number of halogens is 1. The predicted molar refractivity (Wildman–Crippen MR) is 97.9 cm³/mol. The minimum Gasteiger partial charge on any atom is -0.490 e. The fourth-order valence-electron chi connectivity index (χ4n) is 3.05. The van der Waals surface area contributed by atoms with Crippen molar-refractivity contribution in [3.05, 3.63) is 59.4 Å². The van der Waals surface area contributed by atoms with Gasteiger partial charge in [0.15, 0.2) is 11.5 Å². The van der Waals surface area contributed by atoms with Crippen molar-refractivity contribution in [2.24, 2.45) is 5.92 Å². The number of amides is 1. The molecule has 0 spiro atoms. The summed E-state index contributed by atoms with van der Waals surface area (Å²) in [7, 11) is 0. The summed E-state index contributed by atoms with van der Waals surface area (Å²) in [4.78, 5) is 12.5. The molecule has 4 nitrogen and oxygen atoms in total. The Hall–Kier alpha value is -2.56. The normalized spacial score (nSPS) is 14.6. The summed E-state index contributed by atoms with van der Waals surface area (Å²) < 4.78 is 25.2. The second kappa shape index (κ2) is 8.21. The van der Waals surface area contributed by atoms with E-state index in [1.807, 2.05) is 32.0 Å². The lowest BCUT2D eigenvalue weighted by Gasteiger charge is -2.24. The van der Waals surface area contributed by atoms with E-state index in [0.717, 1.165) is 17.7 Å². The van der Waals surface area contributed by atoms with Crippen LogP contribution in [-0.4, -0.2) is 19.1 Å². The molecule has 5 heteroatoms. The molecular formula is C21H24FNO3. The van der Waals surface area contributed by atoms with Gasteiger partial charge in [0.05, 0.1) is 25.7 Å². The van der Waals surface area contributed by atoms with Crippen LogP contribution >= 0.6 is 0 Å². The number of carbonyl (C=O) groups is 1. The summed E-state index contributed by atoms with van der Waals surface area (Å²) in [5.41, 5.74) is 1.34. The molecule has 0 bridgehead atoms. The highest BCUT2D eigenvalue weighted by Gasteiger charge is 2.21. The topological polar surface area (TPSA) is 47.6 Å². The molecule has 0 radical (unpaired) electrons. The maximum absolute atomic E-state index is 13.8. The Balaban J connectivity index is 1.76. The van der Waals surface area contributed by atoms with E-state index in [1.165, 1.54) is 6.07 Å². The van der Waals surface area contributed by atoms with Crippen LogP contribution in [0.2, 0.25) is 0 Å². The van der Waals surface area contributed by atoms with E-state index in [-0.39, 0.29) is 30.1 Å². The maximum atomic E-state index is 13.8. The zero-order chi connectivity index (χ0) is 18.5. The highest BCUT2D eigenvalue weighted by molar-refractivity contribution is 5.79. The van der Waals surface area contributed by atoms with Gasteiger partial charge in [-0.05, 0) is 35.2 Å². The van der Waals surface area contributed by atoms with Gasteiger partial charge in [0.25, 0.3) is 0 Å². The van der Waals surface area contributed by atoms with Crippen molar-refractivity contribution >= 4 is 5.91 Å². The standard InChI is InChI=1S/C21H24FNO3/c1-14(2)21(23-20(24)13-15-6-3-4-7-17(15)22)16-8-9-18-19(12-16)26-11-5-10-25-18/h3-4,6-9,12,14,21H,5,10-11,13H2,1-2H3,(H,23,24)/t21-/m0/s1. The lowest BCUT2D eigenvalue weighted by Crippen LogP contribution is -2.33. The highest BCUT2D eigenvalue weighted by atomic mass is 19.1. The van der Waals surface area contributed by atoms with Crippen LogP contribution in [0.15, 0.2) is 42.5 Å². The molecule has 0 unspecified atom stereocenters. The van der Waals surface area contributed by atoms with Gasteiger partial charge in [-0.2, -0.15) is 0 Å². The van der Waals surface area contributed by atoms with Gasteiger partial charge in [-0.3, -0.25) is 4.79 Å². The van der Waals surface area contributed by atoms with Crippen molar-refractivity contribution < 1.29 is 18.7 Å². The van der Waals surface area contributed by atoms with E-state index in [9.17, 15) is 9.18 Å². The summed E-state index contributed by atoms with van der Waals surface area (Å²) in [5.74, 6) is 1.03. The number of hydrogen-bond acceptors (Lipinski definition) is 3. The van der Waals surface area contributed by atoms with Crippen molar-refractivity contribution in [1.29, 1.82) is 0 Å². The molecule has 1 aliphatic rings. The molecule has 1 amide bonds. The molecule has 1 aliphatic heterocycles. The molecule has 0 aliphatic carbocycles. The van der Waals surface area contributed by atoms with Crippen LogP contribution in [0.5, 0.6) is 11.5 Å². The lowest BCUT2D eigenvalue weighted by molar-refractivity contribution is -0.121. The van der Waals surface area contributed by atoms with Crippen LogP contribution in [0.25, 0.3) is 0 Å². The third-order valence-corrected chi connectivity index (χ3v) is 4.42. The van der Waals surface area contributed by atoms with E-state index < -0.39 is 0 Å². The first-order valence-electron chi connectivity index (χ1n) is 8.97. The zero-order valence-corrected chi connectivity index (χ0v) is 15.1. The van der Waals surface area contributed by atoms with Crippen molar-refractivity contribution in [3.8, 4) is 11.5 Å². The maximum Gasteiger partial charge on any atom is 0.225 e. The van der Waals surface area contributed by atoms with Crippen molar-refractivity contribution in [3.63, 3.8) is 0 Å². The summed E-state index contributed by atoms with van der Waals surface area (Å²) in [6.07, 6.45) is 0.859. The summed E-state index contributed by atoms with van der Waals surface area (Å²) in [6.45, 7) is 5.33. The molecule has 2 aromatic carbocycles. The molecule has 138 valence electrons. The largest absolute Gasteiger partial charge is 0.490 e. The highest BCUT2D eigenvalue weighted by Crippen LogP contribution is 2.34. The molecular weight excluding hydrogens is 333 g/mol. The van der Waals surface area contributed by atoms with Crippen LogP contribution in [0.4, 0.5) is 4.39 Å². The Kier molecular flexibility index (Phi) is 5.76. The average molecular weight is 357 g/mol. The molecule has 1 heterocycles. The minimum atomic E-state index is -0.362. The molecule has 26 heavy (non-hydrogen) atoms. The van der Waals surface area contributed by atoms with E-state index >= 15 is 0 Å². The van der Waals surface area contributed by atoms with Crippen molar-refractivity contribution in [1.82, 2.24) is 5.32 Å². The minimum absolute atomic E-state index is 0.0143. The monoisotopic (exact) mass is 357 g/mol. The van der Waals surface area contributed by atoms with Gasteiger partial charge in [-0.25, -0.2) is 4.39 Å². The van der Waals surface area contributed by atoms with Gasteiger partial charge in [-0.1, -0.05) is 38.1 Å². The fraction of sp³-hybridized carbons (Fsp3) is 0.381. The summed E-state index contributed by atoms with van der Waals surface area (Å²) in [6, 6.07) is 11.9. The second-order valence-electron chi connectivity index (χ2n) is 6.81. The molecule has 2 aromatic rings. The van der Waals surface area contributed by atoms with E-state index in [1.54, 1.807) is 18.2 Å². The summed E-state index contributed by atoms with van der Waals surface area (Å²) >= 11 is 0. The SMILES string of the molecule is CC(C)[C@H](NC(=O)Cc1ccccc1F)c1ccc2c(c1)OCCCO2. The van der Waals surface area contributed by atoms with Gasteiger partial charge in [-0.15, -0.1) is 0 Å². The number of ether oxygens (including phenoxy) is 2. The van der Waals surface area contributed by atoms with Gasteiger partial charge in [0, 0.05) is 6.42 Å². The average Bonchev–Trinajstić information content (AvgIpc) is 2.86. The van der Waals surface area contributed by atoms with Gasteiger partial charge in [0.2, 0.25) is 5.91 Å². The number of rotatable bonds is 5. The Labute approximate surface area is 153 Å². The summed E-state index contributed by atoms with van der Waals surface area (Å²) in [5, 5.41) is 3.03. The number of carbonyl (C=O) groups excluding carboxylic acids is 1. The molecule has 0 saturated carbocycles. The Bertz CT molecular complexity index is 776. The molecule has 0 saturated heterocycles. The number of benzene rings is 2. The predicted octanol–water partition coefficient (Wildman–Crippen LogP) is 4.04. The van der Waals surface area contributed by atoms with Gasteiger partial charge >= 0.3 is 0 Å². The molecule has 1 atom stereocenters. The second-order valence-corrected chi connectivity index (χ2v) is 6.81. The van der Waals surface area contributed by atoms with Crippen molar-refractivity contribution in [2.75, 3.05) is 13.2 Å². The first-order valence-corrected chi connectivity index (χ1v) is 8.97. The van der Waals surface area contributed by atoms with E-state index in [0.29, 0.717) is 24.5 Å².